The van der Waals surface area contributed by atoms with Crippen LogP contribution in [0.25, 0.3) is 10.2 Å². The number of halogens is 1. The van der Waals surface area contributed by atoms with Crippen LogP contribution in [0, 0.1) is 0 Å². The van der Waals surface area contributed by atoms with Crippen molar-refractivity contribution in [3.63, 3.8) is 0 Å². The van der Waals surface area contributed by atoms with Crippen LogP contribution in [0.4, 0.5) is 0 Å². The first-order chi connectivity index (χ1) is 20.2. The molecule has 1 aliphatic rings. The predicted molar refractivity (Wildman–Crippen MR) is 172 cm³/mol. The lowest BCUT2D eigenvalue weighted by Crippen LogP contribution is -2.37. The maximum Gasteiger partial charge on any atom is 0.151 e. The SMILES string of the molecule is Clc1ccc2nc(SC3CCC(c4cn(C(c5ccccc5)(c5ccccc5)c5ccccc5)cn4)CC3)sc2c1. The maximum absolute atomic E-state index is 6.19. The number of rotatable bonds is 7. The summed E-state index contributed by atoms with van der Waals surface area (Å²) in [4.78, 5) is 9.91. The molecule has 0 bridgehead atoms. The Balaban J connectivity index is 1.17. The molecule has 1 fully saturated rings. The number of fused-ring (bicyclic) bond motifs is 1. The van der Waals surface area contributed by atoms with Crippen molar-refractivity contribution >= 4 is 44.9 Å². The van der Waals surface area contributed by atoms with Crippen molar-refractivity contribution in [3.05, 3.63) is 149 Å². The number of thiazole rings is 1. The number of aromatic nitrogens is 3. The third kappa shape index (κ3) is 5.12. The van der Waals surface area contributed by atoms with Gasteiger partial charge >= 0.3 is 0 Å². The molecule has 0 radical (unpaired) electrons. The van der Waals surface area contributed by atoms with E-state index in [0.717, 1.165) is 32.4 Å². The fraction of sp³-hybridized carbons (Fsp3) is 0.200. The number of imidazole rings is 1. The van der Waals surface area contributed by atoms with Crippen LogP contribution >= 0.6 is 34.7 Å². The molecule has 1 aliphatic carbocycles. The largest absolute Gasteiger partial charge is 0.319 e. The lowest BCUT2D eigenvalue weighted by molar-refractivity contribution is 0.445. The summed E-state index contributed by atoms with van der Waals surface area (Å²) < 4.78 is 4.65. The van der Waals surface area contributed by atoms with Crippen LogP contribution in [-0.4, -0.2) is 19.8 Å². The Morgan fingerprint density at radius 1 is 0.756 bits per heavy atom. The van der Waals surface area contributed by atoms with E-state index in [1.807, 2.05) is 30.0 Å². The number of nitrogens with zero attached hydrogens (tertiary/aromatic N) is 3. The van der Waals surface area contributed by atoms with Gasteiger partial charge in [-0.25, -0.2) is 9.97 Å². The molecule has 0 saturated heterocycles. The molecule has 2 heterocycles. The first kappa shape index (κ1) is 26.5. The van der Waals surface area contributed by atoms with Gasteiger partial charge in [0.05, 0.1) is 22.2 Å². The van der Waals surface area contributed by atoms with Crippen LogP contribution in [0.15, 0.2) is 126 Å². The molecule has 1 saturated carbocycles. The van der Waals surface area contributed by atoms with E-state index in [2.05, 4.69) is 108 Å². The van der Waals surface area contributed by atoms with Gasteiger partial charge < -0.3 is 4.57 Å². The second kappa shape index (κ2) is 11.5. The molecule has 0 aliphatic heterocycles. The third-order valence-electron chi connectivity index (χ3n) is 8.26. The summed E-state index contributed by atoms with van der Waals surface area (Å²) in [7, 11) is 0. The molecule has 4 aromatic carbocycles. The monoisotopic (exact) mass is 591 g/mol. The predicted octanol–water partition coefficient (Wildman–Crippen LogP) is 9.80. The van der Waals surface area contributed by atoms with Gasteiger partial charge in [0, 0.05) is 22.4 Å². The van der Waals surface area contributed by atoms with Crippen LogP contribution in [-0.2, 0) is 5.54 Å². The standard InChI is InChI=1S/C35H30ClN3S2/c36-29-18-21-31-33(22-29)41-34(38-31)40-30-19-16-25(17-20-30)32-23-39(24-37-32)35(26-10-4-1-5-11-26,27-12-6-2-7-13-27)28-14-8-3-9-15-28/h1-15,18,21-25,30H,16-17,19-20H2. The van der Waals surface area contributed by atoms with Crippen molar-refractivity contribution in [2.75, 3.05) is 0 Å². The molecule has 0 unspecified atom stereocenters. The highest BCUT2D eigenvalue weighted by Crippen LogP contribution is 2.44. The minimum atomic E-state index is -0.516. The molecule has 7 rings (SSSR count). The fourth-order valence-electron chi connectivity index (χ4n) is 6.26. The van der Waals surface area contributed by atoms with E-state index >= 15 is 0 Å². The summed E-state index contributed by atoms with van der Waals surface area (Å²) >= 11 is 9.88. The van der Waals surface area contributed by atoms with Crippen LogP contribution in [0.1, 0.15) is 54.0 Å². The van der Waals surface area contributed by atoms with Crippen molar-refractivity contribution in [1.82, 2.24) is 14.5 Å². The van der Waals surface area contributed by atoms with Gasteiger partial charge in [-0.05, 0) is 60.6 Å². The summed E-state index contributed by atoms with van der Waals surface area (Å²) in [5, 5.41) is 1.36. The summed E-state index contributed by atoms with van der Waals surface area (Å²) in [6.07, 6.45) is 8.97. The fourth-order valence-corrected chi connectivity index (χ4v) is 9.05. The maximum atomic E-state index is 6.19. The van der Waals surface area contributed by atoms with Crippen LogP contribution in [0.5, 0.6) is 0 Å². The highest BCUT2D eigenvalue weighted by molar-refractivity contribution is 8.01. The molecule has 0 atom stereocenters. The van der Waals surface area contributed by atoms with E-state index in [4.69, 9.17) is 21.6 Å². The van der Waals surface area contributed by atoms with E-state index in [1.165, 1.54) is 35.2 Å². The Bertz CT molecular complexity index is 1640. The average Bonchev–Trinajstić information content (AvgIpc) is 3.67. The summed E-state index contributed by atoms with van der Waals surface area (Å²) in [5.74, 6) is 0.460. The Labute approximate surface area is 254 Å². The zero-order chi connectivity index (χ0) is 27.6. The van der Waals surface area contributed by atoms with E-state index in [9.17, 15) is 0 Å². The molecule has 204 valence electrons. The minimum absolute atomic E-state index is 0.460. The lowest BCUT2D eigenvalue weighted by atomic mass is 9.76. The van der Waals surface area contributed by atoms with Gasteiger partial charge in [0.25, 0.3) is 0 Å². The summed E-state index contributed by atoms with van der Waals surface area (Å²) in [5.41, 5.74) is 5.38. The molecule has 0 N–H and O–H groups in total. The van der Waals surface area contributed by atoms with E-state index in [0.29, 0.717) is 11.2 Å². The Kier molecular flexibility index (Phi) is 7.42. The van der Waals surface area contributed by atoms with Crippen molar-refractivity contribution in [2.24, 2.45) is 0 Å². The first-order valence-corrected chi connectivity index (χ1v) is 16.2. The van der Waals surface area contributed by atoms with Gasteiger partial charge in [0.2, 0.25) is 0 Å². The van der Waals surface area contributed by atoms with E-state index in [1.54, 1.807) is 11.3 Å². The summed E-state index contributed by atoms with van der Waals surface area (Å²) in [6, 6.07) is 38.4. The number of thioether (sulfide) groups is 1. The van der Waals surface area contributed by atoms with Crippen LogP contribution in [0.2, 0.25) is 5.02 Å². The minimum Gasteiger partial charge on any atom is -0.319 e. The third-order valence-corrected chi connectivity index (χ3v) is 10.9. The van der Waals surface area contributed by atoms with Gasteiger partial charge in [-0.1, -0.05) is 114 Å². The number of benzene rings is 4. The molecule has 0 spiro atoms. The zero-order valence-corrected chi connectivity index (χ0v) is 25.0. The molecular formula is C35H30ClN3S2. The molecule has 3 nitrogen and oxygen atoms in total. The smallest absolute Gasteiger partial charge is 0.151 e. The van der Waals surface area contributed by atoms with E-state index < -0.39 is 5.54 Å². The highest BCUT2D eigenvalue weighted by atomic mass is 35.5. The van der Waals surface area contributed by atoms with Crippen molar-refractivity contribution in [2.45, 2.75) is 46.7 Å². The Morgan fingerprint density at radius 3 is 1.93 bits per heavy atom. The Morgan fingerprint density at radius 2 is 1.34 bits per heavy atom. The molecule has 0 amide bonds. The quantitative estimate of drug-likeness (QED) is 0.173. The average molecular weight is 592 g/mol. The number of hydrogen-bond acceptors (Lipinski definition) is 4. The Hall–Kier alpha value is -3.38. The van der Waals surface area contributed by atoms with Crippen LogP contribution < -0.4 is 0 Å². The molecule has 2 aromatic heterocycles. The molecular weight excluding hydrogens is 562 g/mol. The second-order valence-electron chi connectivity index (χ2n) is 10.7. The molecule has 6 heteroatoms. The number of hydrogen-bond donors (Lipinski definition) is 0. The van der Waals surface area contributed by atoms with Crippen molar-refractivity contribution in [1.29, 1.82) is 0 Å². The van der Waals surface area contributed by atoms with E-state index in [-0.39, 0.29) is 0 Å². The van der Waals surface area contributed by atoms with Crippen molar-refractivity contribution < 1.29 is 0 Å². The van der Waals surface area contributed by atoms with Gasteiger partial charge in [0.15, 0.2) is 4.34 Å². The van der Waals surface area contributed by atoms with Gasteiger partial charge in [0.1, 0.15) is 5.54 Å². The lowest BCUT2D eigenvalue weighted by Gasteiger charge is -2.37. The normalized spacial score (nSPS) is 17.6. The van der Waals surface area contributed by atoms with Gasteiger partial charge in [-0.15, -0.1) is 11.3 Å². The molecule has 6 aromatic rings. The second-order valence-corrected chi connectivity index (χ2v) is 13.7. The first-order valence-electron chi connectivity index (χ1n) is 14.1. The highest BCUT2D eigenvalue weighted by Gasteiger charge is 2.39. The van der Waals surface area contributed by atoms with Crippen LogP contribution in [0.3, 0.4) is 0 Å². The summed E-state index contributed by atoms with van der Waals surface area (Å²) in [6.45, 7) is 0. The van der Waals surface area contributed by atoms with Gasteiger partial charge in [-0.2, -0.15) is 0 Å². The zero-order valence-electron chi connectivity index (χ0n) is 22.6. The van der Waals surface area contributed by atoms with Crippen molar-refractivity contribution in [3.8, 4) is 0 Å². The topological polar surface area (TPSA) is 30.7 Å². The van der Waals surface area contributed by atoms with Gasteiger partial charge in [-0.3, -0.25) is 0 Å². The molecule has 41 heavy (non-hydrogen) atoms.